The van der Waals surface area contributed by atoms with E-state index in [1.54, 1.807) is 6.07 Å². The van der Waals surface area contributed by atoms with Crippen LogP contribution < -0.4 is 5.32 Å². The van der Waals surface area contributed by atoms with Crippen molar-refractivity contribution < 1.29 is 19.0 Å². The third kappa shape index (κ3) is 3.91. The second kappa shape index (κ2) is 7.21. The molecule has 0 atom stereocenters. The molecule has 1 aromatic rings. The van der Waals surface area contributed by atoms with Crippen LogP contribution in [0.5, 0.6) is 0 Å². The highest BCUT2D eigenvalue weighted by Crippen LogP contribution is 2.18. The Morgan fingerprint density at radius 3 is 2.85 bits per heavy atom. The molecule has 20 heavy (non-hydrogen) atoms. The van der Waals surface area contributed by atoms with E-state index in [0.29, 0.717) is 12.2 Å². The average molecular weight is 282 g/mol. The van der Waals surface area contributed by atoms with Gasteiger partial charge in [0.1, 0.15) is 11.4 Å². The largest absolute Gasteiger partial charge is 0.478 e. The highest BCUT2D eigenvalue weighted by Gasteiger charge is 2.15. The lowest BCUT2D eigenvalue weighted by Gasteiger charge is -2.26. The summed E-state index contributed by atoms with van der Waals surface area (Å²) in [4.78, 5) is 13.3. The van der Waals surface area contributed by atoms with E-state index in [1.165, 1.54) is 6.07 Å². The molecule has 6 heteroatoms. The van der Waals surface area contributed by atoms with Crippen molar-refractivity contribution in [2.75, 3.05) is 44.7 Å². The van der Waals surface area contributed by atoms with Crippen LogP contribution in [0.3, 0.4) is 0 Å². The molecule has 1 fully saturated rings. The number of hydrogen-bond acceptors (Lipinski definition) is 4. The molecule has 1 heterocycles. The van der Waals surface area contributed by atoms with E-state index in [0.717, 1.165) is 45.3 Å². The zero-order valence-corrected chi connectivity index (χ0v) is 11.3. The van der Waals surface area contributed by atoms with Crippen LogP contribution >= 0.6 is 0 Å². The quantitative estimate of drug-likeness (QED) is 0.777. The minimum Gasteiger partial charge on any atom is -0.478 e. The Labute approximate surface area is 117 Å². The van der Waals surface area contributed by atoms with Gasteiger partial charge in [-0.3, -0.25) is 4.90 Å². The van der Waals surface area contributed by atoms with Crippen molar-refractivity contribution in [3.63, 3.8) is 0 Å². The van der Waals surface area contributed by atoms with E-state index in [4.69, 9.17) is 9.84 Å². The molecule has 0 bridgehead atoms. The van der Waals surface area contributed by atoms with Crippen LogP contribution in [0.4, 0.5) is 10.1 Å². The number of carboxylic acid groups (broad SMARTS) is 1. The van der Waals surface area contributed by atoms with Gasteiger partial charge in [0.2, 0.25) is 0 Å². The standard InChI is InChI=1S/C14H19FN2O3/c15-11-3-1-4-12(13(11)14(18)19)16-5-2-6-17-7-9-20-10-8-17/h1,3-4,16H,2,5-10H2,(H,18,19). The minimum absolute atomic E-state index is 0.293. The number of halogens is 1. The Hall–Kier alpha value is -1.66. The second-order valence-corrected chi connectivity index (χ2v) is 4.70. The third-order valence-electron chi connectivity index (χ3n) is 3.30. The van der Waals surface area contributed by atoms with Gasteiger partial charge in [0.25, 0.3) is 0 Å². The van der Waals surface area contributed by atoms with Crippen molar-refractivity contribution in [1.82, 2.24) is 4.90 Å². The minimum atomic E-state index is -1.25. The maximum absolute atomic E-state index is 13.5. The molecule has 0 radical (unpaired) electrons. The van der Waals surface area contributed by atoms with E-state index < -0.39 is 11.8 Å². The number of nitrogens with one attached hydrogen (secondary N) is 1. The molecule has 0 spiro atoms. The number of benzene rings is 1. The first-order valence-electron chi connectivity index (χ1n) is 6.74. The number of rotatable bonds is 6. The van der Waals surface area contributed by atoms with Gasteiger partial charge in [0.15, 0.2) is 0 Å². The molecule has 0 saturated carbocycles. The summed E-state index contributed by atoms with van der Waals surface area (Å²) in [6, 6.07) is 4.25. The van der Waals surface area contributed by atoms with Crippen LogP contribution in [0.2, 0.25) is 0 Å². The Morgan fingerprint density at radius 1 is 1.40 bits per heavy atom. The summed E-state index contributed by atoms with van der Waals surface area (Å²) < 4.78 is 18.7. The SMILES string of the molecule is O=C(O)c1c(F)cccc1NCCCN1CCOCC1. The Morgan fingerprint density at radius 2 is 2.15 bits per heavy atom. The molecule has 2 N–H and O–H groups in total. The van der Waals surface area contributed by atoms with Gasteiger partial charge in [-0.1, -0.05) is 6.07 Å². The first kappa shape index (κ1) is 14.7. The Kier molecular flexibility index (Phi) is 5.31. The van der Waals surface area contributed by atoms with Gasteiger partial charge in [-0.2, -0.15) is 0 Å². The van der Waals surface area contributed by atoms with Crippen molar-refractivity contribution in [2.24, 2.45) is 0 Å². The fourth-order valence-corrected chi connectivity index (χ4v) is 2.24. The lowest BCUT2D eigenvalue weighted by Crippen LogP contribution is -2.37. The van der Waals surface area contributed by atoms with Crippen LogP contribution in [0.15, 0.2) is 18.2 Å². The summed E-state index contributed by atoms with van der Waals surface area (Å²) >= 11 is 0. The number of hydrogen-bond donors (Lipinski definition) is 2. The van der Waals surface area contributed by atoms with Crippen molar-refractivity contribution in [1.29, 1.82) is 0 Å². The highest BCUT2D eigenvalue weighted by atomic mass is 19.1. The topological polar surface area (TPSA) is 61.8 Å². The van der Waals surface area contributed by atoms with E-state index in [9.17, 15) is 9.18 Å². The first-order chi connectivity index (χ1) is 9.68. The number of morpholine rings is 1. The van der Waals surface area contributed by atoms with Crippen molar-refractivity contribution in [2.45, 2.75) is 6.42 Å². The fraction of sp³-hybridized carbons (Fsp3) is 0.500. The van der Waals surface area contributed by atoms with Crippen molar-refractivity contribution >= 4 is 11.7 Å². The van der Waals surface area contributed by atoms with Gasteiger partial charge < -0.3 is 15.2 Å². The predicted octanol–water partition coefficient (Wildman–Crippen LogP) is 1.66. The van der Waals surface area contributed by atoms with Gasteiger partial charge in [-0.25, -0.2) is 9.18 Å². The summed E-state index contributed by atoms with van der Waals surface area (Å²) in [5.41, 5.74) is 0.0401. The Bertz CT molecular complexity index is 462. The number of nitrogens with zero attached hydrogens (tertiary/aromatic N) is 1. The molecule has 110 valence electrons. The Balaban J connectivity index is 1.82. The summed E-state index contributed by atoms with van der Waals surface area (Å²) in [6.45, 7) is 4.93. The third-order valence-corrected chi connectivity index (χ3v) is 3.30. The van der Waals surface area contributed by atoms with Crippen LogP contribution in [-0.2, 0) is 4.74 Å². The van der Waals surface area contributed by atoms with Gasteiger partial charge in [0, 0.05) is 19.6 Å². The zero-order valence-electron chi connectivity index (χ0n) is 11.3. The van der Waals surface area contributed by atoms with Gasteiger partial charge in [-0.05, 0) is 25.1 Å². The van der Waals surface area contributed by atoms with Crippen molar-refractivity contribution in [3.8, 4) is 0 Å². The molecule has 1 aromatic carbocycles. The molecule has 0 aromatic heterocycles. The highest BCUT2D eigenvalue weighted by molar-refractivity contribution is 5.94. The molecule has 1 saturated heterocycles. The number of aromatic carboxylic acids is 1. The molecule has 0 unspecified atom stereocenters. The number of carboxylic acids is 1. The number of ether oxygens (including phenoxy) is 1. The lowest BCUT2D eigenvalue weighted by molar-refractivity contribution is 0.0378. The average Bonchev–Trinajstić information content (AvgIpc) is 2.44. The number of carbonyl (C=O) groups is 1. The predicted molar refractivity (Wildman–Crippen MR) is 73.7 cm³/mol. The lowest BCUT2D eigenvalue weighted by atomic mass is 10.1. The van der Waals surface area contributed by atoms with Gasteiger partial charge in [0.05, 0.1) is 18.9 Å². The van der Waals surface area contributed by atoms with Crippen LogP contribution in [0.25, 0.3) is 0 Å². The monoisotopic (exact) mass is 282 g/mol. The first-order valence-corrected chi connectivity index (χ1v) is 6.74. The number of anilines is 1. The molecular formula is C14H19FN2O3. The van der Waals surface area contributed by atoms with Crippen LogP contribution in [0.1, 0.15) is 16.8 Å². The van der Waals surface area contributed by atoms with E-state index in [1.807, 2.05) is 0 Å². The van der Waals surface area contributed by atoms with E-state index in [2.05, 4.69) is 10.2 Å². The fourth-order valence-electron chi connectivity index (χ4n) is 2.24. The van der Waals surface area contributed by atoms with Crippen molar-refractivity contribution in [3.05, 3.63) is 29.6 Å². The maximum atomic E-state index is 13.5. The molecule has 2 rings (SSSR count). The summed E-state index contributed by atoms with van der Waals surface area (Å²) in [5, 5.41) is 12.0. The van der Waals surface area contributed by atoms with Crippen LogP contribution in [-0.4, -0.2) is 55.4 Å². The molecular weight excluding hydrogens is 263 g/mol. The van der Waals surface area contributed by atoms with E-state index in [-0.39, 0.29) is 5.56 Å². The molecule has 1 aliphatic heterocycles. The summed E-state index contributed by atoms with van der Waals surface area (Å²) in [5.74, 6) is -1.96. The zero-order chi connectivity index (χ0) is 14.4. The molecule has 0 aliphatic carbocycles. The smallest absolute Gasteiger partial charge is 0.340 e. The normalized spacial score (nSPS) is 16.1. The van der Waals surface area contributed by atoms with Crippen LogP contribution in [0, 0.1) is 5.82 Å². The van der Waals surface area contributed by atoms with Gasteiger partial charge in [-0.15, -0.1) is 0 Å². The van der Waals surface area contributed by atoms with Gasteiger partial charge >= 0.3 is 5.97 Å². The maximum Gasteiger partial charge on any atom is 0.340 e. The summed E-state index contributed by atoms with van der Waals surface area (Å²) in [7, 11) is 0. The summed E-state index contributed by atoms with van der Waals surface area (Å²) in [6.07, 6.45) is 0.871. The molecule has 5 nitrogen and oxygen atoms in total. The molecule has 1 aliphatic rings. The second-order valence-electron chi connectivity index (χ2n) is 4.70. The van der Waals surface area contributed by atoms with E-state index >= 15 is 0 Å². The molecule has 0 amide bonds.